The number of H-pyrrole nitrogens is 1. The minimum Gasteiger partial charge on any atom is -0.483 e. The maximum absolute atomic E-state index is 14.4. The molecule has 0 aliphatic carbocycles. The van der Waals surface area contributed by atoms with Crippen molar-refractivity contribution in [2.75, 3.05) is 5.32 Å². The van der Waals surface area contributed by atoms with E-state index in [1.165, 1.54) is 18.2 Å². The lowest BCUT2D eigenvalue weighted by atomic mass is 9.93. The summed E-state index contributed by atoms with van der Waals surface area (Å²) in [7, 11) is 0. The van der Waals surface area contributed by atoms with Gasteiger partial charge < -0.3 is 15.4 Å². The molecule has 1 aliphatic rings. The van der Waals surface area contributed by atoms with Gasteiger partial charge in [0.1, 0.15) is 11.6 Å². The number of halogens is 2. The minimum atomic E-state index is -0.662. The zero-order valence-corrected chi connectivity index (χ0v) is 16.6. The highest BCUT2D eigenvalue weighted by atomic mass is 19.1. The molecule has 0 saturated carbocycles. The molecule has 4 rings (SSSR count). The number of carboxylic acid groups (broad SMARTS) is 1. The third kappa shape index (κ3) is 3.61. The number of nitrogens with one attached hydrogen (secondary N) is 2. The van der Waals surface area contributed by atoms with Crippen LogP contribution >= 0.6 is 0 Å². The first kappa shape index (κ1) is 21.0. The first-order valence-electron chi connectivity index (χ1n) is 9.14. The van der Waals surface area contributed by atoms with Crippen molar-refractivity contribution < 1.29 is 23.5 Å². The first-order chi connectivity index (χ1) is 14.3. The van der Waals surface area contributed by atoms with E-state index in [4.69, 9.17) is 9.90 Å². The highest BCUT2D eigenvalue weighted by molar-refractivity contribution is 6.36. The molecule has 0 atom stereocenters. The van der Waals surface area contributed by atoms with Gasteiger partial charge in [-0.1, -0.05) is 18.2 Å². The Bertz CT molecular complexity index is 1160. The molecular formula is C23H20F2N2O3. The van der Waals surface area contributed by atoms with Crippen LogP contribution in [0.15, 0.2) is 36.4 Å². The average molecular weight is 410 g/mol. The quantitative estimate of drug-likeness (QED) is 0.407. The van der Waals surface area contributed by atoms with Crippen molar-refractivity contribution in [1.82, 2.24) is 4.98 Å². The number of hydrogen-bond acceptors (Lipinski definition) is 2. The summed E-state index contributed by atoms with van der Waals surface area (Å²) in [5.41, 5.74) is 5.65. The summed E-state index contributed by atoms with van der Waals surface area (Å²) >= 11 is 0. The van der Waals surface area contributed by atoms with Crippen molar-refractivity contribution >= 4 is 29.7 Å². The second-order valence-electron chi connectivity index (χ2n) is 6.86. The Hall–Kier alpha value is -3.74. The van der Waals surface area contributed by atoms with Gasteiger partial charge in [-0.15, -0.1) is 0 Å². The molecule has 2 heterocycles. The van der Waals surface area contributed by atoms with Crippen LogP contribution in [0.2, 0.25) is 0 Å². The fourth-order valence-electron chi connectivity index (χ4n) is 3.51. The molecule has 0 radical (unpaired) electrons. The second-order valence-corrected chi connectivity index (χ2v) is 6.86. The summed E-state index contributed by atoms with van der Waals surface area (Å²) in [5.74, 6) is -1.62. The molecule has 30 heavy (non-hydrogen) atoms. The Kier molecular flexibility index (Phi) is 5.82. The first-order valence-corrected chi connectivity index (χ1v) is 9.14. The maximum Gasteiger partial charge on any atom is 0.290 e. The van der Waals surface area contributed by atoms with Gasteiger partial charge in [0, 0.05) is 22.6 Å². The van der Waals surface area contributed by atoms with E-state index in [1.54, 1.807) is 24.3 Å². The molecule has 1 aromatic heterocycles. The average Bonchev–Trinajstić information content (AvgIpc) is 3.14. The van der Waals surface area contributed by atoms with Crippen LogP contribution in [-0.2, 0) is 9.59 Å². The van der Waals surface area contributed by atoms with E-state index in [0.717, 1.165) is 22.5 Å². The van der Waals surface area contributed by atoms with Gasteiger partial charge in [0.25, 0.3) is 12.4 Å². The molecule has 1 aliphatic heterocycles. The number of aryl methyl sites for hydroxylation is 1. The number of anilines is 1. The van der Waals surface area contributed by atoms with E-state index < -0.39 is 11.6 Å². The lowest BCUT2D eigenvalue weighted by Crippen LogP contribution is -2.03. The Morgan fingerprint density at radius 1 is 0.933 bits per heavy atom. The number of benzene rings is 2. The van der Waals surface area contributed by atoms with Gasteiger partial charge in [-0.2, -0.15) is 0 Å². The van der Waals surface area contributed by atoms with Crippen LogP contribution < -0.4 is 5.32 Å². The molecule has 3 aromatic rings. The second kappa shape index (κ2) is 8.32. The number of hydrogen-bond donors (Lipinski definition) is 3. The zero-order valence-electron chi connectivity index (χ0n) is 16.6. The lowest BCUT2D eigenvalue weighted by Gasteiger charge is -2.10. The molecule has 0 bridgehead atoms. The van der Waals surface area contributed by atoms with Crippen LogP contribution in [0.3, 0.4) is 0 Å². The number of carbonyl (C=O) groups is 2. The van der Waals surface area contributed by atoms with Crippen LogP contribution in [-0.4, -0.2) is 22.5 Å². The third-order valence-corrected chi connectivity index (χ3v) is 5.20. The monoisotopic (exact) mass is 410 g/mol. The minimum absolute atomic E-state index is 0.132. The van der Waals surface area contributed by atoms with E-state index >= 15 is 0 Å². The van der Waals surface area contributed by atoms with Crippen LogP contribution in [0.5, 0.6) is 0 Å². The zero-order chi connectivity index (χ0) is 22.0. The largest absolute Gasteiger partial charge is 0.483 e. The Balaban J connectivity index is 0.000000806. The Labute approximate surface area is 172 Å². The van der Waals surface area contributed by atoms with Crippen LogP contribution in [0.4, 0.5) is 14.5 Å². The fraction of sp³-hybridized carbons (Fsp3) is 0.130. The van der Waals surface area contributed by atoms with Gasteiger partial charge >= 0.3 is 0 Å². The van der Waals surface area contributed by atoms with Crippen molar-refractivity contribution in [3.8, 4) is 11.1 Å². The highest BCUT2D eigenvalue weighted by Gasteiger charge is 2.29. The van der Waals surface area contributed by atoms with Crippen LogP contribution in [0, 0.1) is 32.4 Å². The number of fused-ring (bicyclic) bond motifs is 1. The smallest absolute Gasteiger partial charge is 0.290 e. The topological polar surface area (TPSA) is 82.2 Å². The predicted molar refractivity (Wildman–Crippen MR) is 112 cm³/mol. The van der Waals surface area contributed by atoms with Gasteiger partial charge in [-0.05, 0) is 61.7 Å². The van der Waals surface area contributed by atoms with Gasteiger partial charge in [0.15, 0.2) is 0 Å². The number of rotatable bonds is 2. The summed E-state index contributed by atoms with van der Waals surface area (Å²) in [4.78, 5) is 24.2. The molecule has 0 unspecified atom stereocenters. The van der Waals surface area contributed by atoms with Gasteiger partial charge in [0.05, 0.1) is 11.1 Å². The molecule has 3 N–H and O–H groups in total. The highest BCUT2D eigenvalue weighted by Crippen LogP contribution is 2.42. The normalized spacial score (nSPS) is 13.5. The summed E-state index contributed by atoms with van der Waals surface area (Å²) in [5, 5.41) is 9.68. The van der Waals surface area contributed by atoms with Crippen molar-refractivity contribution in [2.45, 2.75) is 20.8 Å². The Morgan fingerprint density at radius 2 is 1.53 bits per heavy atom. The lowest BCUT2D eigenvalue weighted by molar-refractivity contribution is -0.122. The molecule has 1 amide bonds. The standard InChI is InChI=1S/C22H18F2N2O.CH2O2/c1-11-12(2)19(25-13(11)3)10-15-20-14(6-4-9-18(20)26-22(15)27)21-16(23)7-5-8-17(21)24;2-1-3/h4-10,25H,1-3H3,(H,26,27);1H,(H,2,3)/b15-10-;. The molecule has 0 spiro atoms. The van der Waals surface area contributed by atoms with Crippen molar-refractivity contribution in [3.05, 3.63) is 76.1 Å². The molecule has 7 heteroatoms. The van der Waals surface area contributed by atoms with E-state index in [1.807, 2.05) is 20.8 Å². The summed E-state index contributed by atoms with van der Waals surface area (Å²) in [6.07, 6.45) is 1.75. The molecular weight excluding hydrogens is 390 g/mol. The summed E-state index contributed by atoms with van der Waals surface area (Å²) in [6, 6.07) is 8.80. The van der Waals surface area contributed by atoms with E-state index in [2.05, 4.69) is 10.3 Å². The van der Waals surface area contributed by atoms with Crippen molar-refractivity contribution in [3.63, 3.8) is 0 Å². The fourth-order valence-corrected chi connectivity index (χ4v) is 3.51. The van der Waals surface area contributed by atoms with E-state index in [9.17, 15) is 13.6 Å². The van der Waals surface area contributed by atoms with Crippen LogP contribution in [0.25, 0.3) is 22.8 Å². The molecule has 5 nitrogen and oxygen atoms in total. The molecule has 0 saturated heterocycles. The van der Waals surface area contributed by atoms with Crippen LogP contribution in [0.1, 0.15) is 28.1 Å². The summed E-state index contributed by atoms with van der Waals surface area (Å²) < 4.78 is 28.8. The molecule has 2 aromatic carbocycles. The molecule has 154 valence electrons. The maximum atomic E-state index is 14.4. The number of aromatic nitrogens is 1. The number of amides is 1. The number of carbonyl (C=O) groups excluding carboxylic acids is 1. The molecule has 0 fully saturated rings. The third-order valence-electron chi connectivity index (χ3n) is 5.20. The predicted octanol–water partition coefficient (Wildman–Crippen LogP) is 5.08. The van der Waals surface area contributed by atoms with Gasteiger partial charge in [-0.3, -0.25) is 9.59 Å². The van der Waals surface area contributed by atoms with E-state index in [-0.39, 0.29) is 17.9 Å². The van der Waals surface area contributed by atoms with Gasteiger partial charge in [-0.25, -0.2) is 8.78 Å². The number of aromatic amines is 1. The van der Waals surface area contributed by atoms with Crippen molar-refractivity contribution in [1.29, 1.82) is 0 Å². The SMILES string of the molecule is Cc1[nH]c(/C=C2\C(=O)Nc3cccc(-c4c(F)cccc4F)c32)c(C)c1C.O=CO. The van der Waals surface area contributed by atoms with Gasteiger partial charge in [0.2, 0.25) is 0 Å². The van der Waals surface area contributed by atoms with Crippen molar-refractivity contribution in [2.24, 2.45) is 0 Å². The Morgan fingerprint density at radius 3 is 2.10 bits per heavy atom. The summed E-state index contributed by atoms with van der Waals surface area (Å²) in [6.45, 7) is 5.70. The van der Waals surface area contributed by atoms with E-state index in [0.29, 0.717) is 22.4 Å².